The Morgan fingerprint density at radius 2 is 2.15 bits per heavy atom. The number of amides is 1. The molecule has 7 heteroatoms. The standard InChI is InChI=1S/C13H10Br2N2O3/c1-7(9-5-8(14)6-10(15)12(9)18)16-17-13(19)11-3-2-4-20-11/h2-6,18H,1H3,(H,17,19)/b16-7+. The number of halogens is 2. The normalized spacial score (nSPS) is 11.4. The van der Waals surface area contributed by atoms with Gasteiger partial charge in [0.2, 0.25) is 0 Å². The van der Waals surface area contributed by atoms with E-state index in [0.717, 1.165) is 4.47 Å². The summed E-state index contributed by atoms with van der Waals surface area (Å²) >= 11 is 6.57. The second-order valence-electron chi connectivity index (χ2n) is 3.90. The van der Waals surface area contributed by atoms with Crippen LogP contribution in [0.1, 0.15) is 23.0 Å². The summed E-state index contributed by atoms with van der Waals surface area (Å²) in [5, 5.41) is 13.9. The molecule has 0 spiro atoms. The summed E-state index contributed by atoms with van der Waals surface area (Å²) in [6.07, 6.45) is 1.41. The van der Waals surface area contributed by atoms with Gasteiger partial charge in [0.05, 0.1) is 16.4 Å². The van der Waals surface area contributed by atoms with Crippen LogP contribution < -0.4 is 5.43 Å². The molecule has 1 heterocycles. The number of aromatic hydroxyl groups is 1. The van der Waals surface area contributed by atoms with Gasteiger partial charge >= 0.3 is 5.91 Å². The van der Waals surface area contributed by atoms with Gasteiger partial charge in [-0.1, -0.05) is 15.9 Å². The highest BCUT2D eigenvalue weighted by Gasteiger charge is 2.11. The third-order valence-electron chi connectivity index (χ3n) is 2.49. The van der Waals surface area contributed by atoms with Crippen LogP contribution in [0.4, 0.5) is 0 Å². The van der Waals surface area contributed by atoms with Gasteiger partial charge in [-0.15, -0.1) is 0 Å². The van der Waals surface area contributed by atoms with Gasteiger partial charge in [0.25, 0.3) is 0 Å². The molecule has 0 saturated heterocycles. The summed E-state index contributed by atoms with van der Waals surface area (Å²) in [4.78, 5) is 11.7. The van der Waals surface area contributed by atoms with Crippen molar-refractivity contribution in [2.75, 3.05) is 0 Å². The number of hydrogen-bond acceptors (Lipinski definition) is 4. The molecule has 2 N–H and O–H groups in total. The lowest BCUT2D eigenvalue weighted by Crippen LogP contribution is -2.18. The van der Waals surface area contributed by atoms with E-state index in [9.17, 15) is 9.90 Å². The Labute approximate surface area is 131 Å². The molecule has 2 aromatic rings. The lowest BCUT2D eigenvalue weighted by atomic mass is 10.1. The first-order valence-electron chi connectivity index (χ1n) is 5.55. The second-order valence-corrected chi connectivity index (χ2v) is 5.67. The number of phenolic OH excluding ortho intramolecular Hbond substituents is 1. The fraction of sp³-hybridized carbons (Fsp3) is 0.0769. The molecule has 0 atom stereocenters. The van der Waals surface area contributed by atoms with Crippen molar-refractivity contribution in [2.24, 2.45) is 5.10 Å². The Kier molecular flexibility index (Phi) is 4.61. The van der Waals surface area contributed by atoms with Crippen molar-refractivity contribution in [3.05, 3.63) is 50.8 Å². The van der Waals surface area contributed by atoms with Crippen LogP contribution in [-0.2, 0) is 0 Å². The SMILES string of the molecule is C/C(=N\NC(=O)c1ccco1)c1cc(Br)cc(Br)c1O. The summed E-state index contributed by atoms with van der Waals surface area (Å²) < 4.78 is 6.27. The van der Waals surface area contributed by atoms with Gasteiger partial charge in [-0.05, 0) is 47.1 Å². The summed E-state index contributed by atoms with van der Waals surface area (Å²) in [5.41, 5.74) is 3.33. The maximum Gasteiger partial charge on any atom is 0.307 e. The van der Waals surface area contributed by atoms with Crippen molar-refractivity contribution < 1.29 is 14.3 Å². The molecule has 0 fully saturated rings. The Bertz CT molecular complexity index is 667. The molecule has 0 bridgehead atoms. The average Bonchev–Trinajstić information content (AvgIpc) is 2.93. The molecule has 104 valence electrons. The first kappa shape index (κ1) is 14.8. The minimum Gasteiger partial charge on any atom is -0.506 e. The Balaban J connectivity index is 2.21. The van der Waals surface area contributed by atoms with Crippen LogP contribution in [0.2, 0.25) is 0 Å². The zero-order valence-corrected chi connectivity index (χ0v) is 13.5. The van der Waals surface area contributed by atoms with E-state index in [0.29, 0.717) is 15.7 Å². The fourth-order valence-electron chi connectivity index (χ4n) is 1.50. The number of rotatable bonds is 3. The molecule has 1 aromatic heterocycles. The van der Waals surface area contributed by atoms with Gasteiger partial charge in [-0.25, -0.2) is 5.43 Å². The smallest absolute Gasteiger partial charge is 0.307 e. The van der Waals surface area contributed by atoms with Gasteiger partial charge in [-0.3, -0.25) is 4.79 Å². The van der Waals surface area contributed by atoms with Crippen LogP contribution in [0.3, 0.4) is 0 Å². The van der Waals surface area contributed by atoms with Crippen molar-refractivity contribution in [2.45, 2.75) is 6.92 Å². The summed E-state index contributed by atoms with van der Waals surface area (Å²) in [5.74, 6) is -0.231. The molecule has 0 aliphatic heterocycles. The highest BCUT2D eigenvalue weighted by Crippen LogP contribution is 2.31. The van der Waals surface area contributed by atoms with Crippen LogP contribution >= 0.6 is 31.9 Å². The van der Waals surface area contributed by atoms with E-state index in [2.05, 4.69) is 42.4 Å². The minimum atomic E-state index is -0.456. The van der Waals surface area contributed by atoms with Gasteiger partial charge in [0.1, 0.15) is 5.75 Å². The molecule has 2 rings (SSSR count). The molecular formula is C13H10Br2N2O3. The van der Waals surface area contributed by atoms with E-state index < -0.39 is 5.91 Å². The van der Waals surface area contributed by atoms with Gasteiger partial charge in [0, 0.05) is 10.0 Å². The van der Waals surface area contributed by atoms with Crippen molar-refractivity contribution >= 4 is 43.5 Å². The highest BCUT2D eigenvalue weighted by atomic mass is 79.9. The maximum absolute atomic E-state index is 11.7. The molecule has 1 amide bonds. The number of nitrogens with one attached hydrogen (secondary N) is 1. The number of phenols is 1. The van der Waals surface area contributed by atoms with E-state index >= 15 is 0 Å². The number of furan rings is 1. The predicted octanol–water partition coefficient (Wildman–Crippen LogP) is 3.66. The summed E-state index contributed by atoms with van der Waals surface area (Å²) in [6.45, 7) is 1.68. The Hall–Kier alpha value is -1.60. The molecule has 20 heavy (non-hydrogen) atoms. The van der Waals surface area contributed by atoms with Crippen LogP contribution in [0.25, 0.3) is 0 Å². The third-order valence-corrected chi connectivity index (χ3v) is 3.55. The number of hydrogen-bond donors (Lipinski definition) is 2. The quantitative estimate of drug-likeness (QED) is 0.608. The molecule has 0 saturated carbocycles. The minimum absolute atomic E-state index is 0.0571. The zero-order chi connectivity index (χ0) is 14.7. The molecule has 1 aromatic carbocycles. The first-order valence-corrected chi connectivity index (χ1v) is 7.14. The van der Waals surface area contributed by atoms with Crippen LogP contribution in [-0.4, -0.2) is 16.7 Å². The fourth-order valence-corrected chi connectivity index (χ4v) is 2.72. The van der Waals surface area contributed by atoms with Crippen molar-refractivity contribution in [3.8, 4) is 5.75 Å². The van der Waals surface area contributed by atoms with Gasteiger partial charge in [-0.2, -0.15) is 5.10 Å². The zero-order valence-electron chi connectivity index (χ0n) is 10.4. The van der Waals surface area contributed by atoms with Crippen LogP contribution in [0.5, 0.6) is 5.75 Å². The van der Waals surface area contributed by atoms with Crippen molar-refractivity contribution in [3.63, 3.8) is 0 Å². The lowest BCUT2D eigenvalue weighted by molar-refractivity contribution is 0.0927. The summed E-state index contributed by atoms with van der Waals surface area (Å²) in [6, 6.07) is 6.57. The van der Waals surface area contributed by atoms with E-state index in [-0.39, 0.29) is 11.5 Å². The van der Waals surface area contributed by atoms with Crippen molar-refractivity contribution in [1.29, 1.82) is 0 Å². The summed E-state index contributed by atoms with van der Waals surface area (Å²) in [7, 11) is 0. The molecule has 0 radical (unpaired) electrons. The van der Waals surface area contributed by atoms with Crippen LogP contribution in [0, 0.1) is 0 Å². The predicted molar refractivity (Wildman–Crippen MR) is 81.9 cm³/mol. The molecule has 0 aliphatic carbocycles. The van der Waals surface area contributed by atoms with Gasteiger partial charge in [0.15, 0.2) is 5.76 Å². The molecule has 0 unspecified atom stereocenters. The average molecular weight is 402 g/mol. The Morgan fingerprint density at radius 3 is 2.80 bits per heavy atom. The van der Waals surface area contributed by atoms with Gasteiger partial charge < -0.3 is 9.52 Å². The largest absolute Gasteiger partial charge is 0.506 e. The monoisotopic (exact) mass is 400 g/mol. The maximum atomic E-state index is 11.7. The highest BCUT2D eigenvalue weighted by molar-refractivity contribution is 9.11. The second kappa shape index (κ2) is 6.23. The van der Waals surface area contributed by atoms with E-state index in [1.54, 1.807) is 25.1 Å². The van der Waals surface area contributed by atoms with E-state index in [1.165, 1.54) is 12.3 Å². The number of hydrazone groups is 1. The Morgan fingerprint density at radius 1 is 1.40 bits per heavy atom. The number of benzene rings is 1. The molecular weight excluding hydrogens is 392 g/mol. The van der Waals surface area contributed by atoms with Crippen molar-refractivity contribution in [1.82, 2.24) is 5.43 Å². The third kappa shape index (κ3) is 3.29. The topological polar surface area (TPSA) is 74.8 Å². The number of nitrogens with zero attached hydrogens (tertiary/aromatic N) is 1. The number of carbonyl (C=O) groups is 1. The lowest BCUT2D eigenvalue weighted by Gasteiger charge is -2.07. The molecule has 0 aliphatic rings. The first-order chi connectivity index (χ1) is 9.49. The van der Waals surface area contributed by atoms with E-state index in [4.69, 9.17) is 4.42 Å². The van der Waals surface area contributed by atoms with E-state index in [1.807, 2.05) is 0 Å². The number of carbonyl (C=O) groups excluding carboxylic acids is 1. The van der Waals surface area contributed by atoms with Crippen LogP contribution in [0.15, 0.2) is 49.0 Å². The molecule has 5 nitrogen and oxygen atoms in total.